The van der Waals surface area contributed by atoms with E-state index in [1.54, 1.807) is 58.2 Å². The third-order valence-electron chi connectivity index (χ3n) is 6.24. The van der Waals surface area contributed by atoms with Gasteiger partial charge in [-0.25, -0.2) is 9.36 Å². The number of anilines is 2. The van der Waals surface area contributed by atoms with Crippen molar-refractivity contribution in [3.63, 3.8) is 0 Å². The molecule has 178 valence electrons. The molecule has 2 aromatic heterocycles. The summed E-state index contributed by atoms with van der Waals surface area (Å²) in [5.41, 5.74) is 0.916. The first-order valence-electron chi connectivity index (χ1n) is 11.6. The lowest BCUT2D eigenvalue weighted by atomic mass is 10.1. The Labute approximate surface area is 197 Å². The molecule has 1 aromatic carbocycles. The van der Waals surface area contributed by atoms with Crippen molar-refractivity contribution in [2.75, 3.05) is 37.1 Å². The van der Waals surface area contributed by atoms with Gasteiger partial charge in [-0.3, -0.25) is 9.59 Å². The lowest BCUT2D eigenvalue weighted by Crippen LogP contribution is -2.20. The number of ether oxygens (including phenoxy) is 2. The highest BCUT2D eigenvalue weighted by atomic mass is 16.5. The first-order chi connectivity index (χ1) is 16.7. The Bertz CT molecular complexity index is 1040. The summed E-state index contributed by atoms with van der Waals surface area (Å²) < 4.78 is 14.4. The number of nitrogens with zero attached hydrogens (tertiary/aromatic N) is 4. The van der Waals surface area contributed by atoms with E-state index in [0.717, 1.165) is 26.1 Å². The summed E-state index contributed by atoms with van der Waals surface area (Å²) in [5.74, 6) is 1.56. The molecule has 2 amide bonds. The molecule has 0 aliphatic carbocycles. The van der Waals surface area contributed by atoms with E-state index in [4.69, 9.17) is 9.47 Å². The Hall–Kier alpha value is -3.50. The van der Waals surface area contributed by atoms with Crippen molar-refractivity contribution in [2.45, 2.75) is 25.9 Å². The topological polar surface area (TPSA) is 112 Å². The van der Waals surface area contributed by atoms with E-state index >= 15 is 0 Å². The lowest BCUT2D eigenvalue weighted by molar-refractivity contribution is 0.101. The van der Waals surface area contributed by atoms with Crippen molar-refractivity contribution in [3.8, 4) is 0 Å². The smallest absolute Gasteiger partial charge is 0.256 e. The van der Waals surface area contributed by atoms with Crippen LogP contribution in [-0.4, -0.2) is 57.8 Å². The van der Waals surface area contributed by atoms with Crippen LogP contribution >= 0.6 is 0 Å². The van der Waals surface area contributed by atoms with E-state index in [9.17, 15) is 9.59 Å². The van der Waals surface area contributed by atoms with Gasteiger partial charge < -0.3 is 20.1 Å². The van der Waals surface area contributed by atoms with Crippen LogP contribution in [0.2, 0.25) is 0 Å². The molecular formula is C24H28N6O4. The van der Waals surface area contributed by atoms with Gasteiger partial charge in [-0.2, -0.15) is 10.2 Å². The Morgan fingerprint density at radius 3 is 1.59 bits per heavy atom. The molecule has 10 nitrogen and oxygen atoms in total. The molecule has 10 heteroatoms. The minimum absolute atomic E-state index is 0.256. The molecule has 0 saturated carbocycles. The fourth-order valence-corrected chi connectivity index (χ4v) is 4.26. The van der Waals surface area contributed by atoms with Gasteiger partial charge in [-0.1, -0.05) is 0 Å². The fraction of sp³-hybridized carbons (Fsp3) is 0.417. The van der Waals surface area contributed by atoms with Crippen molar-refractivity contribution < 1.29 is 19.1 Å². The van der Waals surface area contributed by atoms with Crippen LogP contribution in [-0.2, 0) is 22.6 Å². The Morgan fingerprint density at radius 2 is 1.21 bits per heavy atom. The van der Waals surface area contributed by atoms with Crippen molar-refractivity contribution in [2.24, 2.45) is 11.8 Å². The van der Waals surface area contributed by atoms with Gasteiger partial charge in [0.15, 0.2) is 0 Å². The van der Waals surface area contributed by atoms with Crippen LogP contribution in [0.4, 0.5) is 11.6 Å². The van der Waals surface area contributed by atoms with Gasteiger partial charge >= 0.3 is 0 Å². The van der Waals surface area contributed by atoms with E-state index in [2.05, 4.69) is 20.8 Å². The summed E-state index contributed by atoms with van der Waals surface area (Å²) in [4.78, 5) is 25.5. The Morgan fingerprint density at radius 1 is 0.765 bits per heavy atom. The molecule has 3 aromatic rings. The van der Waals surface area contributed by atoms with Crippen LogP contribution in [0.15, 0.2) is 48.8 Å². The predicted octanol–water partition coefficient (Wildman–Crippen LogP) is 2.66. The summed E-state index contributed by atoms with van der Waals surface area (Å²) in [7, 11) is 0. The molecule has 4 heterocycles. The molecule has 0 spiro atoms. The lowest BCUT2D eigenvalue weighted by Gasteiger charge is -2.13. The summed E-state index contributed by atoms with van der Waals surface area (Å²) in [6, 6.07) is 10.1. The number of aromatic nitrogens is 4. The number of rotatable bonds is 8. The van der Waals surface area contributed by atoms with Crippen molar-refractivity contribution in [1.82, 2.24) is 19.6 Å². The summed E-state index contributed by atoms with van der Waals surface area (Å²) in [6.45, 7) is 4.37. The van der Waals surface area contributed by atoms with Crippen LogP contribution in [0.25, 0.3) is 0 Å². The highest BCUT2D eigenvalue weighted by Gasteiger charge is 2.20. The van der Waals surface area contributed by atoms with Gasteiger partial charge in [0.05, 0.1) is 25.6 Å². The number of amides is 2. The van der Waals surface area contributed by atoms with Crippen LogP contribution in [0.3, 0.4) is 0 Å². The second-order valence-corrected chi connectivity index (χ2v) is 8.74. The molecule has 2 fully saturated rings. The quantitative estimate of drug-likeness (QED) is 0.530. The summed E-state index contributed by atoms with van der Waals surface area (Å²) >= 11 is 0. The van der Waals surface area contributed by atoms with Gasteiger partial charge in [0, 0.05) is 61.4 Å². The van der Waals surface area contributed by atoms with Gasteiger partial charge in [0.2, 0.25) is 0 Å². The molecule has 0 bridgehead atoms. The second-order valence-electron chi connectivity index (χ2n) is 8.74. The molecule has 5 rings (SSSR count). The normalized spacial score (nSPS) is 19.9. The Kier molecular flexibility index (Phi) is 6.68. The van der Waals surface area contributed by atoms with E-state index in [-0.39, 0.29) is 11.8 Å². The summed E-state index contributed by atoms with van der Waals surface area (Å²) in [6.07, 6.45) is 5.33. The zero-order chi connectivity index (χ0) is 23.3. The summed E-state index contributed by atoms with van der Waals surface area (Å²) in [5, 5.41) is 14.4. The highest BCUT2D eigenvalue weighted by molar-refractivity contribution is 6.06. The molecule has 2 saturated heterocycles. The van der Waals surface area contributed by atoms with E-state index in [0.29, 0.717) is 60.9 Å². The number of carbonyl (C=O) groups is 2. The van der Waals surface area contributed by atoms with Crippen LogP contribution in [0.1, 0.15) is 33.6 Å². The third kappa shape index (κ3) is 5.18. The fourth-order valence-electron chi connectivity index (χ4n) is 4.26. The molecule has 2 N–H and O–H groups in total. The Balaban J connectivity index is 1.19. The minimum atomic E-state index is -0.256. The average molecular weight is 465 g/mol. The maximum Gasteiger partial charge on any atom is 0.256 e. The zero-order valence-corrected chi connectivity index (χ0v) is 18.9. The molecule has 2 atom stereocenters. The minimum Gasteiger partial charge on any atom is -0.381 e. The number of carbonyl (C=O) groups excluding carboxylic acids is 2. The van der Waals surface area contributed by atoms with Crippen LogP contribution in [0.5, 0.6) is 0 Å². The monoisotopic (exact) mass is 464 g/mol. The third-order valence-corrected chi connectivity index (χ3v) is 6.24. The number of hydrogen-bond donors (Lipinski definition) is 2. The first kappa shape index (κ1) is 22.3. The van der Waals surface area contributed by atoms with Gasteiger partial charge in [-0.05, 0) is 37.1 Å². The molecule has 0 radical (unpaired) electrons. The maximum atomic E-state index is 12.7. The zero-order valence-electron chi connectivity index (χ0n) is 18.9. The molecule has 34 heavy (non-hydrogen) atoms. The largest absolute Gasteiger partial charge is 0.381 e. The van der Waals surface area contributed by atoms with Gasteiger partial charge in [0.1, 0.15) is 11.6 Å². The molecule has 0 unspecified atom stereocenters. The van der Waals surface area contributed by atoms with E-state index in [1.807, 2.05) is 0 Å². The first-order valence-corrected chi connectivity index (χ1v) is 11.6. The maximum absolute atomic E-state index is 12.7. The van der Waals surface area contributed by atoms with Crippen molar-refractivity contribution in [3.05, 3.63) is 59.9 Å². The van der Waals surface area contributed by atoms with Crippen LogP contribution in [0, 0.1) is 11.8 Å². The molecule has 2 aliphatic rings. The van der Waals surface area contributed by atoms with E-state index in [1.165, 1.54) is 0 Å². The van der Waals surface area contributed by atoms with Crippen molar-refractivity contribution in [1.29, 1.82) is 0 Å². The van der Waals surface area contributed by atoms with E-state index < -0.39 is 0 Å². The number of hydrogen-bond acceptors (Lipinski definition) is 6. The van der Waals surface area contributed by atoms with Crippen LogP contribution < -0.4 is 10.6 Å². The molecule has 2 aliphatic heterocycles. The predicted molar refractivity (Wildman–Crippen MR) is 125 cm³/mol. The number of nitrogens with one attached hydrogen (secondary N) is 2. The van der Waals surface area contributed by atoms with Gasteiger partial charge in [0.25, 0.3) is 11.8 Å². The highest BCUT2D eigenvalue weighted by Crippen LogP contribution is 2.19. The average Bonchev–Trinajstić information content (AvgIpc) is 3.66. The number of benzene rings is 1. The molecular weight excluding hydrogens is 436 g/mol. The van der Waals surface area contributed by atoms with Crippen molar-refractivity contribution >= 4 is 23.5 Å². The second kappa shape index (κ2) is 10.2. The SMILES string of the molecule is O=C(Nc1ccnn1C[C@H]1CCOC1)c1ccc(C(=O)Nc2ccnn2C[C@H]2CCOC2)cc1. The standard InChI is InChI=1S/C24H28N6O4/c31-23(27-21-5-9-25-29(21)13-17-7-11-33-15-17)19-1-2-20(4-3-19)24(32)28-22-6-10-26-30(22)14-18-8-12-34-16-18/h1-6,9-10,17-18H,7-8,11-16H2,(H,27,31)(H,28,32)/t17-,18-/m1/s1. The van der Waals surface area contributed by atoms with Gasteiger partial charge in [-0.15, -0.1) is 0 Å².